The SMILES string of the molecule is C=C(c1ccc(C(C)C)cn1)N1CC(OC)C1. The maximum atomic E-state index is 5.25. The van der Waals surface area contributed by atoms with Crippen LogP contribution in [0.4, 0.5) is 0 Å². The van der Waals surface area contributed by atoms with Crippen LogP contribution < -0.4 is 0 Å². The smallest absolute Gasteiger partial charge is 0.0920 e. The Bertz CT molecular complexity index is 391. The first-order valence-corrected chi connectivity index (χ1v) is 6.04. The molecule has 0 N–H and O–H groups in total. The third kappa shape index (κ3) is 2.50. The molecule has 0 atom stereocenters. The molecule has 1 saturated heterocycles. The molecule has 2 rings (SSSR count). The molecule has 17 heavy (non-hydrogen) atoms. The Morgan fingerprint density at radius 3 is 2.65 bits per heavy atom. The highest BCUT2D eigenvalue weighted by molar-refractivity contribution is 5.59. The van der Waals surface area contributed by atoms with E-state index in [2.05, 4.69) is 42.4 Å². The van der Waals surface area contributed by atoms with Crippen molar-refractivity contribution in [1.29, 1.82) is 0 Å². The third-order valence-electron chi connectivity index (χ3n) is 3.31. The summed E-state index contributed by atoms with van der Waals surface area (Å²) in [7, 11) is 1.75. The standard InChI is InChI=1S/C14H20N2O/c1-10(2)12-5-6-14(15-7-12)11(3)16-8-13(9-16)17-4/h5-7,10,13H,3,8-9H2,1-2,4H3. The highest BCUT2D eigenvalue weighted by Crippen LogP contribution is 2.23. The van der Waals surface area contributed by atoms with Gasteiger partial charge >= 0.3 is 0 Å². The van der Waals surface area contributed by atoms with Gasteiger partial charge in [0.25, 0.3) is 0 Å². The summed E-state index contributed by atoms with van der Waals surface area (Å²) in [5.41, 5.74) is 3.22. The molecule has 3 heteroatoms. The fourth-order valence-electron chi connectivity index (χ4n) is 1.89. The van der Waals surface area contributed by atoms with Gasteiger partial charge in [-0.25, -0.2) is 0 Å². The fourth-order valence-corrected chi connectivity index (χ4v) is 1.89. The second kappa shape index (κ2) is 4.88. The Kier molecular flexibility index (Phi) is 3.48. The molecular weight excluding hydrogens is 212 g/mol. The van der Waals surface area contributed by atoms with Crippen molar-refractivity contribution >= 4 is 5.70 Å². The van der Waals surface area contributed by atoms with Crippen LogP contribution in [0.25, 0.3) is 5.70 Å². The van der Waals surface area contributed by atoms with Crippen molar-refractivity contribution in [2.45, 2.75) is 25.9 Å². The molecule has 92 valence electrons. The van der Waals surface area contributed by atoms with Crippen molar-refractivity contribution in [2.75, 3.05) is 20.2 Å². The van der Waals surface area contributed by atoms with Gasteiger partial charge in [-0.3, -0.25) is 4.98 Å². The Morgan fingerprint density at radius 2 is 2.18 bits per heavy atom. The molecule has 0 radical (unpaired) electrons. The zero-order valence-corrected chi connectivity index (χ0v) is 10.8. The molecule has 0 amide bonds. The molecule has 3 nitrogen and oxygen atoms in total. The summed E-state index contributed by atoms with van der Waals surface area (Å²) < 4.78 is 5.25. The van der Waals surface area contributed by atoms with Crippen molar-refractivity contribution < 1.29 is 4.74 Å². The third-order valence-corrected chi connectivity index (χ3v) is 3.31. The lowest BCUT2D eigenvalue weighted by atomic mass is 10.0. The highest BCUT2D eigenvalue weighted by Gasteiger charge is 2.28. The van der Waals surface area contributed by atoms with Gasteiger partial charge in [-0.1, -0.05) is 26.5 Å². The van der Waals surface area contributed by atoms with E-state index in [1.807, 2.05) is 6.20 Å². The second-order valence-electron chi connectivity index (χ2n) is 4.84. The molecule has 2 heterocycles. The predicted molar refractivity (Wildman–Crippen MR) is 69.7 cm³/mol. The van der Waals surface area contributed by atoms with E-state index in [0.717, 1.165) is 24.5 Å². The lowest BCUT2D eigenvalue weighted by molar-refractivity contribution is 0.000796. The molecule has 0 aromatic carbocycles. The summed E-state index contributed by atoms with van der Waals surface area (Å²) in [6, 6.07) is 4.18. The van der Waals surface area contributed by atoms with E-state index in [-0.39, 0.29) is 0 Å². The van der Waals surface area contributed by atoms with E-state index in [1.165, 1.54) is 5.56 Å². The Morgan fingerprint density at radius 1 is 1.47 bits per heavy atom. The first-order valence-electron chi connectivity index (χ1n) is 6.04. The number of likely N-dealkylation sites (tertiary alicyclic amines) is 1. The van der Waals surface area contributed by atoms with Crippen LogP contribution >= 0.6 is 0 Å². The van der Waals surface area contributed by atoms with Crippen molar-refractivity contribution in [1.82, 2.24) is 9.88 Å². The number of hydrogen-bond donors (Lipinski definition) is 0. The predicted octanol–water partition coefficient (Wildman–Crippen LogP) is 2.51. The first-order chi connectivity index (χ1) is 8.11. The second-order valence-corrected chi connectivity index (χ2v) is 4.84. The van der Waals surface area contributed by atoms with Crippen LogP contribution in [0.5, 0.6) is 0 Å². The number of pyridine rings is 1. The maximum Gasteiger partial charge on any atom is 0.0920 e. The van der Waals surface area contributed by atoms with Crippen molar-refractivity contribution in [3.05, 3.63) is 36.2 Å². The average Bonchev–Trinajstić information content (AvgIpc) is 2.27. The minimum Gasteiger partial charge on any atom is -0.378 e. The number of rotatable bonds is 4. The highest BCUT2D eigenvalue weighted by atomic mass is 16.5. The van der Waals surface area contributed by atoms with Gasteiger partial charge in [0.05, 0.1) is 17.5 Å². The zero-order valence-electron chi connectivity index (χ0n) is 10.8. The number of hydrogen-bond acceptors (Lipinski definition) is 3. The molecule has 0 spiro atoms. The maximum absolute atomic E-state index is 5.25. The molecular formula is C14H20N2O. The number of nitrogens with zero attached hydrogens (tertiary/aromatic N) is 2. The van der Waals surface area contributed by atoms with E-state index >= 15 is 0 Å². The topological polar surface area (TPSA) is 25.4 Å². The minimum absolute atomic E-state index is 0.349. The molecule has 1 fully saturated rings. The van der Waals surface area contributed by atoms with E-state index in [9.17, 15) is 0 Å². The van der Waals surface area contributed by atoms with Crippen LogP contribution in [-0.4, -0.2) is 36.2 Å². The monoisotopic (exact) mass is 232 g/mol. The lowest BCUT2D eigenvalue weighted by Gasteiger charge is -2.40. The van der Waals surface area contributed by atoms with Crippen LogP contribution in [0.1, 0.15) is 31.0 Å². The van der Waals surface area contributed by atoms with Gasteiger partial charge in [0.15, 0.2) is 0 Å². The lowest BCUT2D eigenvalue weighted by Crippen LogP contribution is -2.50. The molecule has 0 saturated carbocycles. The molecule has 0 unspecified atom stereocenters. The van der Waals surface area contributed by atoms with Crippen molar-refractivity contribution in [3.8, 4) is 0 Å². The van der Waals surface area contributed by atoms with Crippen LogP contribution in [-0.2, 0) is 4.74 Å². The number of methoxy groups -OCH3 is 1. The molecule has 0 bridgehead atoms. The van der Waals surface area contributed by atoms with Gasteiger partial charge in [-0.15, -0.1) is 0 Å². The molecule has 1 aromatic heterocycles. The molecule has 0 aliphatic carbocycles. The normalized spacial score (nSPS) is 16.1. The number of aromatic nitrogens is 1. The summed E-state index contributed by atoms with van der Waals surface area (Å²) in [4.78, 5) is 6.67. The van der Waals surface area contributed by atoms with Gasteiger partial charge in [0.1, 0.15) is 0 Å². The zero-order chi connectivity index (χ0) is 12.4. The molecule has 1 aliphatic heterocycles. The van der Waals surface area contributed by atoms with Gasteiger partial charge in [0.2, 0.25) is 0 Å². The van der Waals surface area contributed by atoms with E-state index < -0.39 is 0 Å². The van der Waals surface area contributed by atoms with Gasteiger partial charge in [-0.2, -0.15) is 0 Å². The van der Waals surface area contributed by atoms with Crippen LogP contribution in [0.2, 0.25) is 0 Å². The Labute approximate surface area is 103 Å². The van der Waals surface area contributed by atoms with Gasteiger partial charge < -0.3 is 9.64 Å². The van der Waals surface area contributed by atoms with Crippen LogP contribution in [0, 0.1) is 0 Å². The van der Waals surface area contributed by atoms with Gasteiger partial charge in [-0.05, 0) is 17.5 Å². The Hall–Kier alpha value is -1.35. The van der Waals surface area contributed by atoms with Gasteiger partial charge in [0, 0.05) is 26.4 Å². The minimum atomic E-state index is 0.349. The summed E-state index contributed by atoms with van der Waals surface area (Å²) >= 11 is 0. The number of ether oxygens (including phenoxy) is 1. The Balaban J connectivity index is 2.01. The van der Waals surface area contributed by atoms with Crippen LogP contribution in [0.3, 0.4) is 0 Å². The van der Waals surface area contributed by atoms with Crippen molar-refractivity contribution in [2.24, 2.45) is 0 Å². The fraction of sp³-hybridized carbons (Fsp3) is 0.500. The van der Waals surface area contributed by atoms with E-state index in [1.54, 1.807) is 7.11 Å². The summed E-state index contributed by atoms with van der Waals surface area (Å²) in [6.07, 6.45) is 2.29. The first kappa shape index (κ1) is 12.1. The van der Waals surface area contributed by atoms with Crippen molar-refractivity contribution in [3.63, 3.8) is 0 Å². The van der Waals surface area contributed by atoms with Crippen LogP contribution in [0.15, 0.2) is 24.9 Å². The summed E-state index contributed by atoms with van der Waals surface area (Å²) in [5.74, 6) is 0.520. The summed E-state index contributed by atoms with van der Waals surface area (Å²) in [6.45, 7) is 10.3. The van der Waals surface area contributed by atoms with E-state index in [0.29, 0.717) is 12.0 Å². The quantitative estimate of drug-likeness (QED) is 0.797. The average molecular weight is 232 g/mol. The largest absolute Gasteiger partial charge is 0.378 e. The van der Waals surface area contributed by atoms with E-state index in [4.69, 9.17) is 4.74 Å². The molecule has 1 aliphatic rings. The molecule has 1 aromatic rings. The summed E-state index contributed by atoms with van der Waals surface area (Å²) in [5, 5.41) is 0.